The van der Waals surface area contributed by atoms with Crippen molar-refractivity contribution in [2.75, 3.05) is 20.3 Å². The van der Waals surface area contributed by atoms with Gasteiger partial charge in [-0.05, 0) is 27.8 Å². The normalized spacial score (nSPS) is 27.2. The molecule has 3 fully saturated rings. The fourth-order valence-electron chi connectivity index (χ4n) is 7.75. The Morgan fingerprint density at radius 1 is 0.426 bits per heavy atom. The van der Waals surface area contributed by atoms with E-state index in [1.807, 2.05) is 152 Å². The fourth-order valence-corrected chi connectivity index (χ4v) is 7.75. The Balaban J connectivity index is 1.10. The number of fused-ring (bicyclic) bond motifs is 1. The van der Waals surface area contributed by atoms with E-state index in [1.54, 1.807) is 7.11 Å². The first kappa shape index (κ1) is 42.7. The van der Waals surface area contributed by atoms with E-state index in [1.165, 1.54) is 0 Å². The SMILES string of the molecule is CO[C@H]1O[C@H](COCc2ccccc2)[C@@H](O[C@@H]2O[C@H](COCc3ccccc3)[C@@H](OCc3ccccc3)[C@@H]3OC(=O)O[C@@H]23)[C@H](OCc2ccccc2)[C@H]1OCc1ccccc1. The first-order valence-electron chi connectivity index (χ1n) is 20.7. The molecule has 0 saturated carbocycles. The number of rotatable bonds is 20. The van der Waals surface area contributed by atoms with E-state index in [0.29, 0.717) is 13.2 Å². The zero-order valence-corrected chi connectivity index (χ0v) is 34.1. The van der Waals surface area contributed by atoms with Crippen LogP contribution >= 0.6 is 0 Å². The number of carbonyl (C=O) groups is 1. The van der Waals surface area contributed by atoms with Crippen molar-refractivity contribution in [3.8, 4) is 0 Å². The smallest absolute Gasteiger partial charge is 0.424 e. The van der Waals surface area contributed by atoms with Crippen LogP contribution in [0.1, 0.15) is 27.8 Å². The predicted octanol–water partition coefficient (Wildman–Crippen LogP) is 7.56. The Hall–Kier alpha value is -4.99. The van der Waals surface area contributed by atoms with Gasteiger partial charge in [0.1, 0.15) is 36.6 Å². The summed E-state index contributed by atoms with van der Waals surface area (Å²) >= 11 is 0. The molecule has 0 aliphatic carbocycles. The van der Waals surface area contributed by atoms with E-state index in [4.69, 9.17) is 52.1 Å². The van der Waals surface area contributed by atoms with Crippen molar-refractivity contribution >= 4 is 6.16 Å². The Morgan fingerprint density at radius 3 is 1.26 bits per heavy atom. The summed E-state index contributed by atoms with van der Waals surface area (Å²) in [5.74, 6) is 0. The number of hydrogen-bond acceptors (Lipinski definition) is 12. The number of benzene rings is 5. The number of hydrogen-bond donors (Lipinski definition) is 0. The molecular weight excluding hydrogens is 781 g/mol. The summed E-state index contributed by atoms with van der Waals surface area (Å²) in [6.45, 7) is 1.56. The van der Waals surface area contributed by atoms with E-state index in [2.05, 4.69) is 0 Å². The van der Waals surface area contributed by atoms with Gasteiger partial charge in [0, 0.05) is 7.11 Å². The van der Waals surface area contributed by atoms with E-state index in [-0.39, 0.29) is 33.0 Å². The summed E-state index contributed by atoms with van der Waals surface area (Å²) < 4.78 is 70.7. The summed E-state index contributed by atoms with van der Waals surface area (Å²) in [7, 11) is 1.57. The highest BCUT2D eigenvalue weighted by molar-refractivity contribution is 5.63. The third-order valence-corrected chi connectivity index (χ3v) is 10.8. The van der Waals surface area contributed by atoms with Gasteiger partial charge in [0.25, 0.3) is 0 Å². The second-order valence-electron chi connectivity index (χ2n) is 15.1. The van der Waals surface area contributed by atoms with Crippen molar-refractivity contribution in [3.05, 3.63) is 179 Å². The van der Waals surface area contributed by atoms with Crippen molar-refractivity contribution in [2.45, 2.75) is 94.4 Å². The average Bonchev–Trinajstić information content (AvgIpc) is 3.71. The van der Waals surface area contributed by atoms with Gasteiger partial charge in [0.15, 0.2) is 24.8 Å². The molecule has 3 saturated heterocycles. The number of carbonyl (C=O) groups excluding carboxylic acids is 1. The third-order valence-electron chi connectivity index (χ3n) is 10.8. The van der Waals surface area contributed by atoms with Crippen LogP contribution in [0.3, 0.4) is 0 Å². The monoisotopic (exact) mass is 832 g/mol. The minimum Gasteiger partial charge on any atom is -0.424 e. The predicted molar refractivity (Wildman–Crippen MR) is 222 cm³/mol. The van der Waals surface area contributed by atoms with Crippen LogP contribution in [0.25, 0.3) is 0 Å². The molecule has 0 radical (unpaired) electrons. The maximum Gasteiger partial charge on any atom is 0.509 e. The lowest BCUT2D eigenvalue weighted by Gasteiger charge is -2.48. The van der Waals surface area contributed by atoms with Crippen LogP contribution in [0.5, 0.6) is 0 Å². The molecule has 0 amide bonds. The lowest BCUT2D eigenvalue weighted by atomic mass is 9.96. The van der Waals surface area contributed by atoms with Gasteiger partial charge < -0.3 is 52.1 Å². The summed E-state index contributed by atoms with van der Waals surface area (Å²) in [5, 5.41) is 0. The van der Waals surface area contributed by atoms with Crippen LogP contribution in [0.2, 0.25) is 0 Å². The second kappa shape index (κ2) is 21.7. The highest BCUT2D eigenvalue weighted by atomic mass is 16.8. The Morgan fingerprint density at radius 2 is 0.803 bits per heavy atom. The molecule has 12 heteroatoms. The number of methoxy groups -OCH3 is 1. The minimum absolute atomic E-state index is 0.0968. The lowest BCUT2D eigenvalue weighted by Crippen LogP contribution is -2.65. The molecule has 320 valence electrons. The summed E-state index contributed by atoms with van der Waals surface area (Å²) in [4.78, 5) is 13.0. The van der Waals surface area contributed by atoms with Gasteiger partial charge in [-0.25, -0.2) is 4.79 Å². The number of ether oxygens (including phenoxy) is 11. The molecule has 5 aromatic carbocycles. The van der Waals surface area contributed by atoms with Crippen molar-refractivity contribution in [1.29, 1.82) is 0 Å². The van der Waals surface area contributed by atoms with Gasteiger partial charge in [0.2, 0.25) is 0 Å². The standard InChI is InChI=1S/C49H52O12/c1-51-47-45(56-31-38-25-15-6-16-26-38)43(55-30-37-23-13-5-14-24-37)42(40(57-47)33-53-28-35-19-9-3-10-20-35)59-48-46-44(60-49(50)61-46)41(54-29-36-21-11-4-12-22-36)39(58-48)32-52-27-34-17-7-2-8-18-34/h2-26,39-48H,27-33H2,1H3/t39-,40-,41-,42-,43+,44+,45-,46-,47+,48+/m1/s1. The first-order valence-corrected chi connectivity index (χ1v) is 20.7. The molecule has 3 aliphatic rings. The van der Waals surface area contributed by atoms with E-state index in [9.17, 15) is 4.79 Å². The Labute approximate surface area is 356 Å². The van der Waals surface area contributed by atoms with Gasteiger partial charge in [-0.1, -0.05) is 152 Å². The molecule has 0 spiro atoms. The van der Waals surface area contributed by atoms with Gasteiger partial charge in [-0.15, -0.1) is 0 Å². The van der Waals surface area contributed by atoms with E-state index < -0.39 is 67.6 Å². The fraction of sp³-hybridized carbons (Fsp3) is 0.367. The third kappa shape index (κ3) is 11.5. The van der Waals surface area contributed by atoms with Crippen molar-refractivity contribution in [2.24, 2.45) is 0 Å². The summed E-state index contributed by atoms with van der Waals surface area (Å²) in [5.41, 5.74) is 4.83. The molecule has 3 heterocycles. The van der Waals surface area contributed by atoms with Crippen LogP contribution in [0.4, 0.5) is 4.79 Å². The van der Waals surface area contributed by atoms with E-state index in [0.717, 1.165) is 27.8 Å². The highest BCUT2D eigenvalue weighted by Crippen LogP contribution is 2.38. The van der Waals surface area contributed by atoms with Crippen molar-refractivity contribution < 1.29 is 56.9 Å². The van der Waals surface area contributed by atoms with Crippen molar-refractivity contribution in [3.63, 3.8) is 0 Å². The molecule has 3 aliphatic heterocycles. The highest BCUT2D eigenvalue weighted by Gasteiger charge is 2.58. The lowest BCUT2D eigenvalue weighted by molar-refractivity contribution is -0.362. The first-order chi connectivity index (χ1) is 30.1. The van der Waals surface area contributed by atoms with Gasteiger partial charge in [0.05, 0.1) is 46.2 Å². The summed E-state index contributed by atoms with van der Waals surface area (Å²) in [6.07, 6.45) is -9.52. The van der Waals surface area contributed by atoms with Crippen molar-refractivity contribution in [1.82, 2.24) is 0 Å². The zero-order valence-electron chi connectivity index (χ0n) is 34.1. The van der Waals surface area contributed by atoms with Gasteiger partial charge in [-0.2, -0.15) is 0 Å². The molecule has 8 rings (SSSR count). The van der Waals surface area contributed by atoms with E-state index >= 15 is 0 Å². The maximum atomic E-state index is 13.0. The molecular formula is C49H52O12. The molecule has 0 aromatic heterocycles. The minimum atomic E-state index is -1.17. The molecule has 10 atom stereocenters. The average molecular weight is 833 g/mol. The quantitative estimate of drug-likeness (QED) is 0.0721. The topological polar surface area (TPSA) is 119 Å². The molecule has 0 bridgehead atoms. The zero-order chi connectivity index (χ0) is 41.6. The van der Waals surface area contributed by atoms with Gasteiger partial charge in [-0.3, -0.25) is 0 Å². The molecule has 0 unspecified atom stereocenters. The Kier molecular flexibility index (Phi) is 15.2. The van der Waals surface area contributed by atoms with Crippen LogP contribution in [0.15, 0.2) is 152 Å². The molecule has 61 heavy (non-hydrogen) atoms. The van der Waals surface area contributed by atoms with Crippen LogP contribution in [0, 0.1) is 0 Å². The molecule has 12 nitrogen and oxygen atoms in total. The van der Waals surface area contributed by atoms with Gasteiger partial charge >= 0.3 is 6.16 Å². The summed E-state index contributed by atoms with van der Waals surface area (Å²) in [6, 6.07) is 49.1. The Bertz CT molecular complexity index is 2030. The molecule has 0 N–H and O–H groups in total. The van der Waals surface area contributed by atoms with Crippen LogP contribution < -0.4 is 0 Å². The largest absolute Gasteiger partial charge is 0.509 e. The second-order valence-corrected chi connectivity index (χ2v) is 15.1. The maximum absolute atomic E-state index is 13.0. The molecule has 5 aromatic rings. The van der Waals surface area contributed by atoms with Crippen LogP contribution in [-0.2, 0) is 85.1 Å². The van der Waals surface area contributed by atoms with Crippen LogP contribution in [-0.4, -0.2) is 87.9 Å².